The van der Waals surface area contributed by atoms with Crippen LogP contribution in [-0.4, -0.2) is 6.29 Å². The van der Waals surface area contributed by atoms with E-state index in [1.54, 1.807) is 12.1 Å². The fourth-order valence-electron chi connectivity index (χ4n) is 1.07. The zero-order chi connectivity index (χ0) is 8.97. The van der Waals surface area contributed by atoms with Crippen LogP contribution in [0.4, 0.5) is 5.69 Å². The number of hydrogen-bond acceptors (Lipinski definition) is 2. The van der Waals surface area contributed by atoms with Crippen molar-refractivity contribution in [3.05, 3.63) is 42.0 Å². The zero-order valence-electron chi connectivity index (χ0n) is 6.79. The van der Waals surface area contributed by atoms with Gasteiger partial charge in [-0.2, -0.15) is 0 Å². The van der Waals surface area contributed by atoms with Gasteiger partial charge in [0.1, 0.15) is 0 Å². The van der Waals surface area contributed by atoms with Crippen LogP contribution < -0.4 is 5.73 Å². The molecule has 0 saturated heterocycles. The molecule has 0 saturated carbocycles. The predicted molar refractivity (Wildman–Crippen MR) is 50.1 cm³/mol. The Labute approximate surface area is 71.7 Å². The quantitative estimate of drug-likeness (QED) is 0.417. The van der Waals surface area contributed by atoms with Crippen LogP contribution in [0, 0.1) is 0 Å². The van der Waals surface area contributed by atoms with Gasteiger partial charge in [-0.25, -0.2) is 0 Å². The van der Waals surface area contributed by atoms with Crippen LogP contribution in [0.25, 0.3) is 0 Å². The molecule has 1 aromatic rings. The van der Waals surface area contributed by atoms with Gasteiger partial charge in [0.2, 0.25) is 0 Å². The maximum absolute atomic E-state index is 10.5. The Morgan fingerprint density at radius 3 is 2.83 bits per heavy atom. The van der Waals surface area contributed by atoms with E-state index >= 15 is 0 Å². The molecule has 0 bridgehead atoms. The Hall–Kier alpha value is -1.57. The number of carbonyl (C=O) groups excluding carboxylic acids is 1. The van der Waals surface area contributed by atoms with Crippen LogP contribution in [0.3, 0.4) is 0 Å². The van der Waals surface area contributed by atoms with E-state index in [1.165, 1.54) is 0 Å². The largest absolute Gasteiger partial charge is 0.398 e. The minimum Gasteiger partial charge on any atom is -0.398 e. The number of nitrogens with two attached hydrogens (primary N) is 1. The molecule has 0 atom stereocenters. The highest BCUT2D eigenvalue weighted by Gasteiger charge is 2.01. The van der Waals surface area contributed by atoms with Crippen molar-refractivity contribution in [1.82, 2.24) is 0 Å². The zero-order valence-corrected chi connectivity index (χ0v) is 6.79. The van der Waals surface area contributed by atoms with E-state index in [0.29, 0.717) is 17.7 Å². The number of benzene rings is 1. The molecule has 0 unspecified atom stereocenters. The SMILES string of the molecule is C=CCc1cccc(C=O)c1N. The summed E-state index contributed by atoms with van der Waals surface area (Å²) in [5.74, 6) is 0. The van der Waals surface area contributed by atoms with Gasteiger partial charge in [-0.3, -0.25) is 4.79 Å². The van der Waals surface area contributed by atoms with Gasteiger partial charge in [0.05, 0.1) is 0 Å². The van der Waals surface area contributed by atoms with Crippen molar-refractivity contribution in [2.24, 2.45) is 0 Å². The van der Waals surface area contributed by atoms with Crippen molar-refractivity contribution in [2.45, 2.75) is 6.42 Å². The second kappa shape index (κ2) is 3.72. The monoisotopic (exact) mass is 161 g/mol. The summed E-state index contributed by atoms with van der Waals surface area (Å²) in [7, 11) is 0. The molecule has 0 fully saturated rings. The number of allylic oxidation sites excluding steroid dienone is 1. The number of anilines is 1. The Morgan fingerprint density at radius 2 is 2.25 bits per heavy atom. The van der Waals surface area contributed by atoms with Gasteiger partial charge >= 0.3 is 0 Å². The smallest absolute Gasteiger partial charge is 0.152 e. The molecule has 62 valence electrons. The summed E-state index contributed by atoms with van der Waals surface area (Å²) in [6.07, 6.45) is 3.23. The summed E-state index contributed by atoms with van der Waals surface area (Å²) < 4.78 is 0. The number of rotatable bonds is 3. The van der Waals surface area contributed by atoms with Crippen molar-refractivity contribution >= 4 is 12.0 Å². The summed E-state index contributed by atoms with van der Waals surface area (Å²) in [5.41, 5.74) is 7.77. The van der Waals surface area contributed by atoms with Gasteiger partial charge in [-0.05, 0) is 18.1 Å². The molecule has 0 heterocycles. The van der Waals surface area contributed by atoms with Crippen LogP contribution in [0.1, 0.15) is 15.9 Å². The minimum atomic E-state index is 0.550. The molecule has 0 aromatic heterocycles. The third-order valence-electron chi connectivity index (χ3n) is 1.72. The van der Waals surface area contributed by atoms with Crippen molar-refractivity contribution in [3.63, 3.8) is 0 Å². The first-order valence-electron chi connectivity index (χ1n) is 3.73. The van der Waals surface area contributed by atoms with E-state index in [0.717, 1.165) is 11.8 Å². The molecule has 1 aromatic carbocycles. The maximum Gasteiger partial charge on any atom is 0.152 e. The summed E-state index contributed by atoms with van der Waals surface area (Å²) in [6, 6.07) is 5.41. The van der Waals surface area contributed by atoms with Crippen molar-refractivity contribution in [1.29, 1.82) is 0 Å². The summed E-state index contributed by atoms with van der Waals surface area (Å²) in [4.78, 5) is 10.5. The van der Waals surface area contributed by atoms with Gasteiger partial charge in [0, 0.05) is 11.3 Å². The predicted octanol–water partition coefficient (Wildman–Crippen LogP) is 1.81. The van der Waals surface area contributed by atoms with Gasteiger partial charge in [0.15, 0.2) is 6.29 Å². The van der Waals surface area contributed by atoms with Crippen LogP contribution in [-0.2, 0) is 6.42 Å². The highest BCUT2D eigenvalue weighted by molar-refractivity contribution is 5.84. The maximum atomic E-state index is 10.5. The third kappa shape index (κ3) is 1.53. The van der Waals surface area contributed by atoms with Gasteiger partial charge < -0.3 is 5.73 Å². The number of para-hydroxylation sites is 1. The molecule has 2 nitrogen and oxygen atoms in total. The van der Waals surface area contributed by atoms with Gasteiger partial charge in [0.25, 0.3) is 0 Å². The normalized spacial score (nSPS) is 9.33. The fraction of sp³-hybridized carbons (Fsp3) is 0.100. The van der Waals surface area contributed by atoms with Crippen LogP contribution in [0.2, 0.25) is 0 Å². The first-order valence-corrected chi connectivity index (χ1v) is 3.73. The number of nitrogen functional groups attached to an aromatic ring is 1. The van der Waals surface area contributed by atoms with Crippen LogP contribution >= 0.6 is 0 Å². The van der Waals surface area contributed by atoms with Crippen molar-refractivity contribution in [3.8, 4) is 0 Å². The first kappa shape index (κ1) is 8.53. The third-order valence-corrected chi connectivity index (χ3v) is 1.72. The van der Waals surface area contributed by atoms with Gasteiger partial charge in [-0.1, -0.05) is 18.2 Å². The molecule has 0 radical (unpaired) electrons. The lowest BCUT2D eigenvalue weighted by Gasteiger charge is -2.03. The Kier molecular flexibility index (Phi) is 2.64. The molecule has 2 N–H and O–H groups in total. The van der Waals surface area contributed by atoms with Crippen molar-refractivity contribution in [2.75, 3.05) is 5.73 Å². The van der Waals surface area contributed by atoms with E-state index < -0.39 is 0 Å². The number of hydrogen-bond donors (Lipinski definition) is 1. The lowest BCUT2D eigenvalue weighted by molar-refractivity contribution is 0.112. The molecule has 0 aliphatic carbocycles. The first-order chi connectivity index (χ1) is 5.79. The Balaban J connectivity index is 3.12. The standard InChI is InChI=1S/C10H11NO/c1-2-4-8-5-3-6-9(7-12)10(8)11/h2-3,5-7H,1,4,11H2. The van der Waals surface area contributed by atoms with E-state index in [1.807, 2.05) is 12.1 Å². The number of carbonyl (C=O) groups is 1. The molecular weight excluding hydrogens is 150 g/mol. The Morgan fingerprint density at radius 1 is 1.50 bits per heavy atom. The second-order valence-corrected chi connectivity index (χ2v) is 2.53. The van der Waals surface area contributed by atoms with Gasteiger partial charge in [-0.15, -0.1) is 6.58 Å². The highest BCUT2D eigenvalue weighted by atomic mass is 16.1. The summed E-state index contributed by atoms with van der Waals surface area (Å²) in [6.45, 7) is 3.61. The molecule has 1 rings (SSSR count). The molecular formula is C10H11NO. The number of aldehydes is 1. The topological polar surface area (TPSA) is 43.1 Å². The van der Waals surface area contributed by atoms with E-state index in [-0.39, 0.29) is 0 Å². The molecule has 2 heteroatoms. The lowest BCUT2D eigenvalue weighted by atomic mass is 10.1. The average molecular weight is 161 g/mol. The van der Waals surface area contributed by atoms with E-state index in [2.05, 4.69) is 6.58 Å². The highest BCUT2D eigenvalue weighted by Crippen LogP contribution is 2.16. The average Bonchev–Trinajstić information content (AvgIpc) is 2.09. The fourth-order valence-corrected chi connectivity index (χ4v) is 1.07. The molecule has 0 spiro atoms. The summed E-state index contributed by atoms with van der Waals surface area (Å²) >= 11 is 0. The minimum absolute atomic E-state index is 0.550. The molecule has 12 heavy (non-hydrogen) atoms. The summed E-state index contributed by atoms with van der Waals surface area (Å²) in [5, 5.41) is 0. The molecule has 0 aliphatic heterocycles. The lowest BCUT2D eigenvalue weighted by Crippen LogP contribution is -1.97. The van der Waals surface area contributed by atoms with E-state index in [4.69, 9.17) is 5.73 Å². The second-order valence-electron chi connectivity index (χ2n) is 2.53. The van der Waals surface area contributed by atoms with E-state index in [9.17, 15) is 4.79 Å². The molecule has 0 aliphatic rings. The Bertz CT molecular complexity index is 305. The van der Waals surface area contributed by atoms with Crippen LogP contribution in [0.5, 0.6) is 0 Å². The molecule has 0 amide bonds. The van der Waals surface area contributed by atoms with Crippen molar-refractivity contribution < 1.29 is 4.79 Å². The van der Waals surface area contributed by atoms with Crippen LogP contribution in [0.15, 0.2) is 30.9 Å².